The third-order valence-electron chi connectivity index (χ3n) is 6.52. The molecule has 2 aliphatic rings. The largest absolute Gasteiger partial charge is 0.394 e. The number of sulfonamides is 1. The number of aliphatic hydroxyl groups is 1. The van der Waals surface area contributed by atoms with Crippen molar-refractivity contribution >= 4 is 15.9 Å². The average Bonchev–Trinajstić information content (AvgIpc) is 2.86. The number of nitrogens with zero attached hydrogens (tertiary/aromatic N) is 1. The number of carbonyl (C=O) groups excluding carboxylic acids is 1. The van der Waals surface area contributed by atoms with Crippen molar-refractivity contribution in [2.75, 3.05) is 19.7 Å². The van der Waals surface area contributed by atoms with Crippen LogP contribution in [0.15, 0.2) is 77.7 Å². The highest BCUT2D eigenvalue weighted by atomic mass is 32.2. The van der Waals surface area contributed by atoms with E-state index in [0.717, 1.165) is 32.4 Å². The van der Waals surface area contributed by atoms with Gasteiger partial charge in [0.05, 0.1) is 30.1 Å². The summed E-state index contributed by atoms with van der Waals surface area (Å²) in [5, 5.41) is 9.79. The van der Waals surface area contributed by atoms with Crippen LogP contribution in [0.5, 0.6) is 0 Å². The second-order valence-electron chi connectivity index (χ2n) is 8.96. The van der Waals surface area contributed by atoms with Gasteiger partial charge in [-0.3, -0.25) is 4.79 Å². The summed E-state index contributed by atoms with van der Waals surface area (Å²) in [6, 6.07) is 17.8. The minimum atomic E-state index is -3.76. The standard InChI is InChI=1S/C26H32N2O5S/c29-19-25-24(27-34(31,32)23-9-5-2-6-10-23)12-11-22(33-25)18-26(30)28-15-13-21(14-16-28)17-20-7-3-1-4-8-20/h1-12,21-22,24-25,27,29H,13-19H2/t22-,24+,25-/m1/s1. The molecule has 7 nitrogen and oxygen atoms in total. The van der Waals surface area contributed by atoms with E-state index in [2.05, 4.69) is 29.0 Å². The quantitative estimate of drug-likeness (QED) is 0.562. The molecule has 2 aliphatic heterocycles. The van der Waals surface area contributed by atoms with Gasteiger partial charge in [0.1, 0.15) is 6.10 Å². The van der Waals surface area contributed by atoms with E-state index in [9.17, 15) is 18.3 Å². The molecule has 2 aromatic carbocycles. The number of benzene rings is 2. The van der Waals surface area contributed by atoms with E-state index >= 15 is 0 Å². The van der Waals surface area contributed by atoms with Gasteiger partial charge in [-0.1, -0.05) is 60.7 Å². The molecule has 0 radical (unpaired) electrons. The zero-order valence-electron chi connectivity index (χ0n) is 19.1. The van der Waals surface area contributed by atoms with Crippen LogP contribution in [-0.2, 0) is 26.0 Å². The third kappa shape index (κ3) is 6.33. The van der Waals surface area contributed by atoms with Crippen molar-refractivity contribution in [1.29, 1.82) is 0 Å². The summed E-state index contributed by atoms with van der Waals surface area (Å²) in [5.74, 6) is 0.599. The molecule has 2 aromatic rings. The summed E-state index contributed by atoms with van der Waals surface area (Å²) < 4.78 is 33.7. The van der Waals surface area contributed by atoms with E-state index in [1.54, 1.807) is 30.4 Å². The topological polar surface area (TPSA) is 95.9 Å². The highest BCUT2D eigenvalue weighted by Gasteiger charge is 2.32. The van der Waals surface area contributed by atoms with E-state index in [-0.39, 0.29) is 23.8 Å². The van der Waals surface area contributed by atoms with Gasteiger partial charge >= 0.3 is 0 Å². The molecule has 1 saturated heterocycles. The fraction of sp³-hybridized carbons (Fsp3) is 0.423. The zero-order valence-corrected chi connectivity index (χ0v) is 19.9. The molecule has 34 heavy (non-hydrogen) atoms. The Morgan fingerprint density at radius 1 is 1.00 bits per heavy atom. The van der Waals surface area contributed by atoms with Gasteiger partial charge in [-0.15, -0.1) is 0 Å². The van der Waals surface area contributed by atoms with E-state index in [1.165, 1.54) is 17.7 Å². The first-order valence-electron chi connectivity index (χ1n) is 11.8. The smallest absolute Gasteiger partial charge is 0.241 e. The highest BCUT2D eigenvalue weighted by molar-refractivity contribution is 7.89. The molecular formula is C26H32N2O5S. The Morgan fingerprint density at radius 3 is 2.29 bits per heavy atom. The van der Waals surface area contributed by atoms with Gasteiger partial charge in [-0.2, -0.15) is 0 Å². The molecule has 0 unspecified atom stereocenters. The number of likely N-dealkylation sites (tertiary alicyclic amines) is 1. The number of aliphatic hydroxyl groups excluding tert-OH is 1. The molecule has 2 N–H and O–H groups in total. The molecule has 4 rings (SSSR count). The number of rotatable bonds is 8. The van der Waals surface area contributed by atoms with Gasteiger partial charge in [0.25, 0.3) is 0 Å². The first kappa shape index (κ1) is 24.6. The van der Waals surface area contributed by atoms with Crippen molar-refractivity contribution in [3.63, 3.8) is 0 Å². The molecule has 0 aromatic heterocycles. The molecule has 1 fully saturated rings. The minimum absolute atomic E-state index is 0.0211. The Bertz CT molecular complexity index is 1070. The number of carbonyl (C=O) groups is 1. The fourth-order valence-corrected chi connectivity index (χ4v) is 5.83. The Morgan fingerprint density at radius 2 is 1.65 bits per heavy atom. The molecule has 1 amide bonds. The van der Waals surface area contributed by atoms with Gasteiger partial charge < -0.3 is 14.7 Å². The van der Waals surface area contributed by atoms with E-state index in [1.807, 2.05) is 11.0 Å². The molecule has 3 atom stereocenters. The lowest BCUT2D eigenvalue weighted by Crippen LogP contribution is -2.49. The predicted molar refractivity (Wildman–Crippen MR) is 130 cm³/mol. The second-order valence-corrected chi connectivity index (χ2v) is 10.7. The average molecular weight is 485 g/mol. The van der Waals surface area contributed by atoms with Crippen LogP contribution >= 0.6 is 0 Å². The summed E-state index contributed by atoms with van der Waals surface area (Å²) in [5.41, 5.74) is 1.33. The van der Waals surface area contributed by atoms with Gasteiger partial charge in [0.2, 0.25) is 15.9 Å². The molecular weight excluding hydrogens is 452 g/mol. The lowest BCUT2D eigenvalue weighted by atomic mass is 9.90. The van der Waals surface area contributed by atoms with Crippen molar-refractivity contribution in [2.24, 2.45) is 5.92 Å². The van der Waals surface area contributed by atoms with Gasteiger partial charge in [-0.05, 0) is 42.9 Å². The van der Waals surface area contributed by atoms with Gasteiger partial charge in [-0.25, -0.2) is 13.1 Å². The SMILES string of the molecule is O=C(C[C@H]1C=C[C@H](NS(=O)(=O)c2ccccc2)[C@@H](CO)O1)N1CCC(Cc2ccccc2)CC1. The number of hydrogen-bond acceptors (Lipinski definition) is 5. The molecule has 0 bridgehead atoms. The Labute approximate surface area is 201 Å². The summed E-state index contributed by atoms with van der Waals surface area (Å²) in [4.78, 5) is 14.9. The number of piperidine rings is 1. The van der Waals surface area contributed by atoms with Crippen LogP contribution in [0.2, 0.25) is 0 Å². The lowest BCUT2D eigenvalue weighted by molar-refractivity contribution is -0.136. The predicted octanol–water partition coefficient (Wildman–Crippen LogP) is 2.52. The summed E-state index contributed by atoms with van der Waals surface area (Å²) >= 11 is 0. The Hall–Kier alpha value is -2.52. The third-order valence-corrected chi connectivity index (χ3v) is 7.99. The normalized spacial score (nSPS) is 23.7. The van der Waals surface area contributed by atoms with Crippen LogP contribution in [0.3, 0.4) is 0 Å². The van der Waals surface area contributed by atoms with Crippen LogP contribution in [0.25, 0.3) is 0 Å². The van der Waals surface area contributed by atoms with Crippen molar-refractivity contribution in [3.8, 4) is 0 Å². The summed E-state index contributed by atoms with van der Waals surface area (Å²) in [6.45, 7) is 1.10. The molecule has 0 aliphatic carbocycles. The van der Waals surface area contributed by atoms with Gasteiger partial charge in [0.15, 0.2) is 0 Å². The van der Waals surface area contributed by atoms with Gasteiger partial charge in [0, 0.05) is 13.1 Å². The number of amides is 1. The minimum Gasteiger partial charge on any atom is -0.394 e. The maximum Gasteiger partial charge on any atom is 0.241 e. The zero-order chi connectivity index (χ0) is 24.0. The Kier molecular flexibility index (Phi) is 8.15. The lowest BCUT2D eigenvalue weighted by Gasteiger charge is -2.35. The van der Waals surface area contributed by atoms with Crippen molar-refractivity contribution in [2.45, 2.75) is 48.8 Å². The maximum absolute atomic E-state index is 12.9. The number of hydrogen-bond donors (Lipinski definition) is 2. The molecule has 0 saturated carbocycles. The van der Waals surface area contributed by atoms with Crippen LogP contribution in [-0.4, -0.2) is 62.3 Å². The number of ether oxygens (including phenoxy) is 1. The second kappa shape index (κ2) is 11.3. The van der Waals surface area contributed by atoms with Crippen molar-refractivity contribution in [3.05, 3.63) is 78.4 Å². The molecule has 182 valence electrons. The van der Waals surface area contributed by atoms with Crippen LogP contribution in [0.4, 0.5) is 0 Å². The molecule has 8 heteroatoms. The number of nitrogens with one attached hydrogen (secondary N) is 1. The monoisotopic (exact) mass is 484 g/mol. The summed E-state index contributed by atoms with van der Waals surface area (Å²) in [6.07, 6.45) is 5.29. The molecule has 2 heterocycles. The van der Waals surface area contributed by atoms with Crippen LogP contribution < -0.4 is 4.72 Å². The van der Waals surface area contributed by atoms with Crippen LogP contribution in [0, 0.1) is 5.92 Å². The highest BCUT2D eigenvalue weighted by Crippen LogP contribution is 2.24. The first-order chi connectivity index (χ1) is 16.4. The molecule has 0 spiro atoms. The van der Waals surface area contributed by atoms with Crippen molar-refractivity contribution < 1.29 is 23.1 Å². The fourth-order valence-electron chi connectivity index (χ4n) is 4.59. The Balaban J connectivity index is 1.29. The summed E-state index contributed by atoms with van der Waals surface area (Å²) in [7, 11) is -3.76. The van der Waals surface area contributed by atoms with Crippen molar-refractivity contribution in [1.82, 2.24) is 9.62 Å². The van der Waals surface area contributed by atoms with Crippen LogP contribution in [0.1, 0.15) is 24.8 Å². The first-order valence-corrected chi connectivity index (χ1v) is 13.3. The van der Waals surface area contributed by atoms with E-state index in [4.69, 9.17) is 4.74 Å². The van der Waals surface area contributed by atoms with E-state index in [0.29, 0.717) is 5.92 Å². The van der Waals surface area contributed by atoms with E-state index < -0.39 is 28.3 Å². The maximum atomic E-state index is 12.9.